The normalized spacial score (nSPS) is 12.1. The summed E-state index contributed by atoms with van der Waals surface area (Å²) in [6.45, 7) is 3.46. The molecule has 0 aliphatic heterocycles. The number of aryl methyl sites for hydroxylation is 1. The molecule has 1 unspecified atom stereocenters. The molecule has 0 saturated heterocycles. The van der Waals surface area contributed by atoms with Crippen molar-refractivity contribution in [3.8, 4) is 6.07 Å². The van der Waals surface area contributed by atoms with E-state index in [0.717, 1.165) is 12.0 Å². The number of hydrogen-bond donors (Lipinski definition) is 3. The van der Waals surface area contributed by atoms with E-state index in [1.165, 1.54) is 11.8 Å². The lowest BCUT2D eigenvalue weighted by atomic mass is 10.1. The third kappa shape index (κ3) is 5.29. The lowest BCUT2D eigenvalue weighted by Crippen LogP contribution is -2.30. The van der Waals surface area contributed by atoms with Crippen LogP contribution in [0, 0.1) is 11.3 Å². The van der Waals surface area contributed by atoms with E-state index in [-0.39, 0.29) is 11.6 Å². The molecule has 1 amide bonds. The van der Waals surface area contributed by atoms with Gasteiger partial charge in [0, 0.05) is 12.2 Å². The molecule has 0 aliphatic carbocycles. The number of rotatable bonds is 7. The second-order valence-electron chi connectivity index (χ2n) is 4.73. The van der Waals surface area contributed by atoms with Gasteiger partial charge in [-0.05, 0) is 24.5 Å². The van der Waals surface area contributed by atoms with Gasteiger partial charge in [-0.1, -0.05) is 31.2 Å². The van der Waals surface area contributed by atoms with Crippen molar-refractivity contribution < 1.29 is 14.7 Å². The smallest absolute Gasteiger partial charge is 0.322 e. The monoisotopic (exact) mass is 301 g/mol. The van der Waals surface area contributed by atoms with Crippen LogP contribution in [0.4, 0.5) is 0 Å². The van der Waals surface area contributed by atoms with E-state index in [1.807, 2.05) is 31.2 Å². The quantitative estimate of drug-likeness (QED) is 0.523. The van der Waals surface area contributed by atoms with Gasteiger partial charge in [0.2, 0.25) is 0 Å². The predicted molar refractivity (Wildman–Crippen MR) is 81.7 cm³/mol. The summed E-state index contributed by atoms with van der Waals surface area (Å²) in [6, 6.07) is 9.70. The molecule has 1 rings (SSSR count). The molecule has 0 radical (unpaired) electrons. The van der Waals surface area contributed by atoms with Gasteiger partial charge in [0.25, 0.3) is 5.91 Å². The molecule has 6 heteroatoms. The van der Waals surface area contributed by atoms with E-state index in [1.54, 1.807) is 6.07 Å². The van der Waals surface area contributed by atoms with Crippen molar-refractivity contribution in [1.29, 1.82) is 5.26 Å². The Hall–Kier alpha value is -2.81. The molecule has 116 valence electrons. The highest BCUT2D eigenvalue weighted by Gasteiger charge is 2.11. The SMILES string of the molecule is CCc1ccc(C(C)N/C=C(/C#N)C(=O)NCC(=O)O)cc1. The first kappa shape index (κ1) is 17.2. The minimum atomic E-state index is -1.16. The van der Waals surface area contributed by atoms with E-state index in [9.17, 15) is 9.59 Å². The number of nitrogens with zero attached hydrogens (tertiary/aromatic N) is 1. The van der Waals surface area contributed by atoms with Crippen LogP contribution in [0.1, 0.15) is 31.0 Å². The first-order chi connectivity index (χ1) is 10.5. The molecule has 0 aromatic heterocycles. The molecule has 0 aliphatic rings. The number of carboxylic acid groups (broad SMARTS) is 1. The number of nitrogens with one attached hydrogen (secondary N) is 2. The fourth-order valence-electron chi connectivity index (χ4n) is 1.75. The lowest BCUT2D eigenvalue weighted by Gasteiger charge is -2.13. The third-order valence-electron chi connectivity index (χ3n) is 3.13. The van der Waals surface area contributed by atoms with E-state index < -0.39 is 18.4 Å². The predicted octanol–water partition coefficient (Wildman–Crippen LogP) is 1.51. The van der Waals surface area contributed by atoms with Crippen molar-refractivity contribution in [3.63, 3.8) is 0 Å². The Labute approximate surface area is 129 Å². The number of amides is 1. The van der Waals surface area contributed by atoms with Crippen LogP contribution in [0.15, 0.2) is 36.0 Å². The average molecular weight is 301 g/mol. The van der Waals surface area contributed by atoms with Crippen molar-refractivity contribution in [1.82, 2.24) is 10.6 Å². The van der Waals surface area contributed by atoms with Gasteiger partial charge in [0.15, 0.2) is 0 Å². The van der Waals surface area contributed by atoms with Crippen LogP contribution < -0.4 is 10.6 Å². The maximum atomic E-state index is 11.6. The standard InChI is InChI=1S/C16H19N3O3/c1-3-12-4-6-13(7-5-12)11(2)18-9-14(8-17)16(22)19-10-15(20)21/h4-7,9,11,18H,3,10H2,1-2H3,(H,19,22)(H,20,21)/b14-9-. The highest BCUT2D eigenvalue weighted by Crippen LogP contribution is 2.14. The highest BCUT2D eigenvalue weighted by molar-refractivity contribution is 5.98. The first-order valence-electron chi connectivity index (χ1n) is 6.93. The van der Waals surface area contributed by atoms with Gasteiger partial charge < -0.3 is 15.7 Å². The second-order valence-corrected chi connectivity index (χ2v) is 4.73. The van der Waals surface area contributed by atoms with Gasteiger partial charge in [-0.3, -0.25) is 9.59 Å². The summed E-state index contributed by atoms with van der Waals surface area (Å²) in [5.74, 6) is -1.88. The Balaban J connectivity index is 2.68. The minimum Gasteiger partial charge on any atom is -0.480 e. The molecular weight excluding hydrogens is 282 g/mol. The Bertz CT molecular complexity index is 600. The fourth-order valence-corrected chi connectivity index (χ4v) is 1.75. The molecule has 1 aromatic carbocycles. The molecule has 0 saturated carbocycles. The molecule has 22 heavy (non-hydrogen) atoms. The third-order valence-corrected chi connectivity index (χ3v) is 3.13. The molecule has 0 fully saturated rings. The van der Waals surface area contributed by atoms with Gasteiger partial charge in [-0.25, -0.2) is 0 Å². The van der Waals surface area contributed by atoms with Crippen molar-refractivity contribution in [2.45, 2.75) is 26.3 Å². The number of carboxylic acids is 1. The zero-order valence-corrected chi connectivity index (χ0v) is 12.6. The first-order valence-corrected chi connectivity index (χ1v) is 6.93. The number of carbonyl (C=O) groups is 2. The number of carbonyl (C=O) groups excluding carboxylic acids is 1. The Morgan fingerprint density at radius 3 is 2.50 bits per heavy atom. The van der Waals surface area contributed by atoms with E-state index in [4.69, 9.17) is 10.4 Å². The Kier molecular flexibility index (Phi) is 6.64. The van der Waals surface area contributed by atoms with Gasteiger partial charge in [-0.2, -0.15) is 5.26 Å². The lowest BCUT2D eigenvalue weighted by molar-refractivity contribution is -0.137. The van der Waals surface area contributed by atoms with Gasteiger partial charge >= 0.3 is 5.97 Å². The summed E-state index contributed by atoms with van der Waals surface area (Å²) >= 11 is 0. The summed E-state index contributed by atoms with van der Waals surface area (Å²) in [5.41, 5.74) is 2.09. The van der Waals surface area contributed by atoms with Crippen LogP contribution in [-0.2, 0) is 16.0 Å². The zero-order chi connectivity index (χ0) is 16.5. The second kappa shape index (κ2) is 8.47. The van der Waals surface area contributed by atoms with Crippen LogP contribution in [0.2, 0.25) is 0 Å². The molecule has 3 N–H and O–H groups in total. The van der Waals surface area contributed by atoms with E-state index >= 15 is 0 Å². The van der Waals surface area contributed by atoms with E-state index in [2.05, 4.69) is 17.6 Å². The topological polar surface area (TPSA) is 102 Å². The summed E-state index contributed by atoms with van der Waals surface area (Å²) in [4.78, 5) is 22.0. The van der Waals surface area contributed by atoms with Crippen molar-refractivity contribution in [2.75, 3.05) is 6.54 Å². The van der Waals surface area contributed by atoms with Crippen LogP contribution in [0.3, 0.4) is 0 Å². The molecular formula is C16H19N3O3. The minimum absolute atomic E-state index is 0.0819. The Morgan fingerprint density at radius 1 is 1.36 bits per heavy atom. The summed E-state index contributed by atoms with van der Waals surface area (Å²) in [7, 11) is 0. The molecule has 6 nitrogen and oxygen atoms in total. The van der Waals surface area contributed by atoms with Gasteiger partial charge in [0.05, 0.1) is 0 Å². The van der Waals surface area contributed by atoms with Crippen molar-refractivity contribution in [3.05, 3.63) is 47.2 Å². The summed E-state index contributed by atoms with van der Waals surface area (Å²) in [6.07, 6.45) is 2.26. The van der Waals surface area contributed by atoms with Crippen LogP contribution in [-0.4, -0.2) is 23.5 Å². The van der Waals surface area contributed by atoms with Crippen molar-refractivity contribution >= 4 is 11.9 Å². The molecule has 1 atom stereocenters. The fraction of sp³-hybridized carbons (Fsp3) is 0.312. The van der Waals surface area contributed by atoms with Gasteiger partial charge in [-0.15, -0.1) is 0 Å². The average Bonchev–Trinajstić information content (AvgIpc) is 2.53. The highest BCUT2D eigenvalue weighted by atomic mass is 16.4. The number of hydrogen-bond acceptors (Lipinski definition) is 4. The summed E-state index contributed by atoms with van der Waals surface area (Å²) in [5, 5.41) is 22.5. The Morgan fingerprint density at radius 2 is 2.00 bits per heavy atom. The number of aliphatic carboxylic acids is 1. The number of nitriles is 1. The molecule has 0 spiro atoms. The molecule has 0 heterocycles. The van der Waals surface area contributed by atoms with E-state index in [0.29, 0.717) is 0 Å². The maximum absolute atomic E-state index is 11.6. The number of benzene rings is 1. The largest absolute Gasteiger partial charge is 0.480 e. The summed E-state index contributed by atoms with van der Waals surface area (Å²) < 4.78 is 0. The van der Waals surface area contributed by atoms with Crippen LogP contribution in [0.5, 0.6) is 0 Å². The molecule has 0 bridgehead atoms. The van der Waals surface area contributed by atoms with Gasteiger partial charge in [0.1, 0.15) is 18.2 Å². The van der Waals surface area contributed by atoms with Crippen molar-refractivity contribution in [2.24, 2.45) is 0 Å². The van der Waals surface area contributed by atoms with Crippen LogP contribution >= 0.6 is 0 Å². The zero-order valence-electron chi connectivity index (χ0n) is 12.6. The molecule has 1 aromatic rings. The maximum Gasteiger partial charge on any atom is 0.322 e. The van der Waals surface area contributed by atoms with Crippen LogP contribution in [0.25, 0.3) is 0 Å².